The van der Waals surface area contributed by atoms with Gasteiger partial charge in [0.1, 0.15) is 6.10 Å². The molecule has 2 heterocycles. The second-order valence-electron chi connectivity index (χ2n) is 3.47. The van der Waals surface area contributed by atoms with Crippen LogP contribution in [0.5, 0.6) is 5.88 Å². The van der Waals surface area contributed by atoms with Crippen molar-refractivity contribution in [2.75, 3.05) is 13.2 Å². The highest BCUT2D eigenvalue weighted by molar-refractivity contribution is 5.97. The van der Waals surface area contributed by atoms with E-state index in [0.717, 1.165) is 6.42 Å². The molecule has 1 aromatic rings. The van der Waals surface area contributed by atoms with Crippen molar-refractivity contribution < 1.29 is 14.7 Å². The zero-order valence-electron chi connectivity index (χ0n) is 8.67. The summed E-state index contributed by atoms with van der Waals surface area (Å²) in [6.45, 7) is 1.29. The molecule has 1 aliphatic heterocycles. The van der Waals surface area contributed by atoms with Gasteiger partial charge in [-0.15, -0.1) is 0 Å². The van der Waals surface area contributed by atoms with E-state index < -0.39 is 0 Å². The van der Waals surface area contributed by atoms with Crippen LogP contribution in [0.1, 0.15) is 12.0 Å². The molecule has 1 aromatic heterocycles. The van der Waals surface area contributed by atoms with E-state index in [-0.39, 0.29) is 11.9 Å². The van der Waals surface area contributed by atoms with Crippen molar-refractivity contribution in [3.63, 3.8) is 0 Å². The lowest BCUT2D eigenvalue weighted by Gasteiger charge is -2.11. The number of amidine groups is 1. The van der Waals surface area contributed by atoms with Crippen molar-refractivity contribution in [2.24, 2.45) is 10.9 Å². The van der Waals surface area contributed by atoms with Gasteiger partial charge in [-0.25, -0.2) is 4.98 Å². The maximum absolute atomic E-state index is 8.55. The molecule has 1 saturated heterocycles. The van der Waals surface area contributed by atoms with Gasteiger partial charge in [0.15, 0.2) is 5.84 Å². The van der Waals surface area contributed by atoms with E-state index in [9.17, 15) is 0 Å². The SMILES string of the molecule is NC(=NO)c1ccnc(OC2CCOC2)c1. The average molecular weight is 223 g/mol. The van der Waals surface area contributed by atoms with Crippen molar-refractivity contribution in [1.82, 2.24) is 4.98 Å². The Morgan fingerprint density at radius 2 is 2.56 bits per heavy atom. The Labute approximate surface area is 92.7 Å². The Morgan fingerprint density at radius 3 is 3.25 bits per heavy atom. The first-order valence-corrected chi connectivity index (χ1v) is 4.98. The Balaban J connectivity index is 2.09. The van der Waals surface area contributed by atoms with Gasteiger partial charge in [-0.3, -0.25) is 0 Å². The topological polar surface area (TPSA) is 90.0 Å². The molecule has 86 valence electrons. The Hall–Kier alpha value is -1.82. The van der Waals surface area contributed by atoms with Crippen molar-refractivity contribution in [1.29, 1.82) is 0 Å². The van der Waals surface area contributed by atoms with Crippen LogP contribution in [-0.4, -0.2) is 35.3 Å². The molecule has 1 atom stereocenters. The summed E-state index contributed by atoms with van der Waals surface area (Å²) in [7, 11) is 0. The number of ether oxygens (including phenoxy) is 2. The maximum Gasteiger partial charge on any atom is 0.214 e. The van der Waals surface area contributed by atoms with Crippen LogP contribution in [0.3, 0.4) is 0 Å². The largest absolute Gasteiger partial charge is 0.472 e. The number of nitrogens with zero attached hydrogens (tertiary/aromatic N) is 2. The Morgan fingerprint density at radius 1 is 1.69 bits per heavy atom. The van der Waals surface area contributed by atoms with Crippen LogP contribution in [0.2, 0.25) is 0 Å². The summed E-state index contributed by atoms with van der Waals surface area (Å²) in [6, 6.07) is 3.28. The van der Waals surface area contributed by atoms with Gasteiger partial charge in [-0.05, 0) is 6.07 Å². The molecular weight excluding hydrogens is 210 g/mol. The highest BCUT2D eigenvalue weighted by Crippen LogP contribution is 2.15. The molecule has 6 nitrogen and oxygen atoms in total. The van der Waals surface area contributed by atoms with Gasteiger partial charge in [0, 0.05) is 24.2 Å². The number of hydrogen-bond acceptors (Lipinski definition) is 5. The molecule has 1 unspecified atom stereocenters. The molecule has 1 aliphatic rings. The van der Waals surface area contributed by atoms with Gasteiger partial charge < -0.3 is 20.4 Å². The average Bonchev–Trinajstić information content (AvgIpc) is 2.81. The molecule has 0 aliphatic carbocycles. The summed E-state index contributed by atoms with van der Waals surface area (Å²) in [6.07, 6.45) is 2.45. The molecule has 2 rings (SSSR count). The molecule has 0 amide bonds. The normalized spacial score (nSPS) is 21.0. The van der Waals surface area contributed by atoms with Crippen molar-refractivity contribution >= 4 is 5.84 Å². The predicted molar refractivity (Wildman–Crippen MR) is 56.6 cm³/mol. The van der Waals surface area contributed by atoms with Crippen LogP contribution >= 0.6 is 0 Å². The minimum absolute atomic E-state index is 0.0370. The molecule has 0 spiro atoms. The standard InChI is InChI=1S/C10H13N3O3/c11-10(13-14)7-1-3-12-9(5-7)16-8-2-4-15-6-8/h1,3,5,8,14H,2,4,6H2,(H2,11,13). The molecular formula is C10H13N3O3. The van der Waals surface area contributed by atoms with E-state index >= 15 is 0 Å². The summed E-state index contributed by atoms with van der Waals surface area (Å²) in [5.41, 5.74) is 6.04. The van der Waals surface area contributed by atoms with Crippen molar-refractivity contribution in [2.45, 2.75) is 12.5 Å². The zero-order valence-corrected chi connectivity index (χ0v) is 8.67. The predicted octanol–water partition coefficient (Wildman–Crippen LogP) is 0.344. The first-order chi connectivity index (χ1) is 7.79. The molecule has 0 bridgehead atoms. The van der Waals surface area contributed by atoms with Crippen LogP contribution in [-0.2, 0) is 4.74 Å². The van der Waals surface area contributed by atoms with Crippen LogP contribution in [0.15, 0.2) is 23.5 Å². The third-order valence-electron chi connectivity index (χ3n) is 2.31. The second-order valence-corrected chi connectivity index (χ2v) is 3.47. The van der Waals surface area contributed by atoms with Gasteiger partial charge in [-0.2, -0.15) is 0 Å². The molecule has 6 heteroatoms. The fraction of sp³-hybridized carbons (Fsp3) is 0.400. The van der Waals surface area contributed by atoms with Crippen LogP contribution < -0.4 is 10.5 Å². The summed E-state index contributed by atoms with van der Waals surface area (Å²) < 4.78 is 10.8. The van der Waals surface area contributed by atoms with Gasteiger partial charge in [-0.1, -0.05) is 5.16 Å². The Kier molecular flexibility index (Phi) is 3.21. The fourth-order valence-corrected chi connectivity index (χ4v) is 1.47. The molecule has 3 N–H and O–H groups in total. The smallest absolute Gasteiger partial charge is 0.214 e. The first-order valence-electron chi connectivity index (χ1n) is 4.98. The maximum atomic E-state index is 8.55. The third-order valence-corrected chi connectivity index (χ3v) is 2.31. The van der Waals surface area contributed by atoms with Crippen LogP contribution in [0, 0.1) is 0 Å². The lowest BCUT2D eigenvalue weighted by molar-refractivity contribution is 0.138. The van der Waals surface area contributed by atoms with Crippen LogP contribution in [0.4, 0.5) is 0 Å². The van der Waals surface area contributed by atoms with E-state index in [1.54, 1.807) is 18.3 Å². The lowest BCUT2D eigenvalue weighted by atomic mass is 10.2. The zero-order chi connectivity index (χ0) is 11.4. The van der Waals surface area contributed by atoms with Gasteiger partial charge in [0.05, 0.1) is 13.2 Å². The minimum Gasteiger partial charge on any atom is -0.472 e. The minimum atomic E-state index is 0.0370. The Bertz CT molecular complexity index is 389. The van der Waals surface area contributed by atoms with Crippen LogP contribution in [0.25, 0.3) is 0 Å². The molecule has 16 heavy (non-hydrogen) atoms. The number of nitrogens with two attached hydrogens (primary N) is 1. The first kappa shape index (κ1) is 10.7. The summed E-state index contributed by atoms with van der Waals surface area (Å²) in [5, 5.41) is 11.5. The van der Waals surface area contributed by atoms with Gasteiger partial charge >= 0.3 is 0 Å². The van der Waals surface area contributed by atoms with Crippen molar-refractivity contribution in [3.05, 3.63) is 23.9 Å². The summed E-state index contributed by atoms with van der Waals surface area (Å²) >= 11 is 0. The number of aromatic nitrogens is 1. The van der Waals surface area contributed by atoms with Gasteiger partial charge in [0.25, 0.3) is 0 Å². The quantitative estimate of drug-likeness (QED) is 0.334. The summed E-state index contributed by atoms with van der Waals surface area (Å²) in [5.74, 6) is 0.495. The van der Waals surface area contributed by atoms with E-state index in [0.29, 0.717) is 24.7 Å². The fourth-order valence-electron chi connectivity index (χ4n) is 1.47. The number of oxime groups is 1. The number of rotatable bonds is 3. The third kappa shape index (κ3) is 2.40. The monoisotopic (exact) mass is 223 g/mol. The van der Waals surface area contributed by atoms with Crippen molar-refractivity contribution in [3.8, 4) is 5.88 Å². The summed E-state index contributed by atoms with van der Waals surface area (Å²) in [4.78, 5) is 4.05. The number of pyridine rings is 1. The molecule has 0 saturated carbocycles. The highest BCUT2D eigenvalue weighted by Gasteiger charge is 2.17. The second kappa shape index (κ2) is 4.80. The lowest BCUT2D eigenvalue weighted by Crippen LogP contribution is -2.18. The van der Waals surface area contributed by atoms with Gasteiger partial charge in [0.2, 0.25) is 5.88 Å². The van der Waals surface area contributed by atoms with E-state index in [1.807, 2.05) is 0 Å². The van der Waals surface area contributed by atoms with E-state index in [4.69, 9.17) is 20.4 Å². The van der Waals surface area contributed by atoms with E-state index in [1.165, 1.54) is 0 Å². The highest BCUT2D eigenvalue weighted by atomic mass is 16.5. The van der Waals surface area contributed by atoms with E-state index in [2.05, 4.69) is 10.1 Å². The molecule has 0 radical (unpaired) electrons. The molecule has 1 fully saturated rings. The molecule has 0 aromatic carbocycles. The number of hydrogen-bond donors (Lipinski definition) is 2.